The van der Waals surface area contributed by atoms with Crippen LogP contribution < -0.4 is 10.9 Å². The standard InChI is InChI=1S/C16H15ClN2O2/c1-2-15(12-4-3-5-13(17)10-12)18-19-16(21)11-6-8-14(20)9-7-11/h2-10,18,20H,1H3,(H,19,21)/b15-2-. The summed E-state index contributed by atoms with van der Waals surface area (Å²) in [5.74, 6) is -0.177. The summed E-state index contributed by atoms with van der Waals surface area (Å²) in [5, 5.41) is 9.82. The Kier molecular flexibility index (Phi) is 4.85. The molecule has 0 fully saturated rings. The Morgan fingerprint density at radius 3 is 2.43 bits per heavy atom. The maximum Gasteiger partial charge on any atom is 0.269 e. The number of phenolic OH excluding ortho intramolecular Hbond substituents is 1. The number of amides is 1. The zero-order valence-electron chi connectivity index (χ0n) is 11.4. The average Bonchev–Trinajstić information content (AvgIpc) is 2.48. The van der Waals surface area contributed by atoms with Gasteiger partial charge in [-0.3, -0.25) is 15.6 Å². The number of allylic oxidation sites excluding steroid dienone is 1. The summed E-state index contributed by atoms with van der Waals surface area (Å²) in [5.41, 5.74) is 7.53. The molecular formula is C16H15ClN2O2. The van der Waals surface area contributed by atoms with E-state index < -0.39 is 0 Å². The molecule has 0 unspecified atom stereocenters. The number of hydrogen-bond acceptors (Lipinski definition) is 3. The third-order valence-electron chi connectivity index (χ3n) is 2.86. The van der Waals surface area contributed by atoms with E-state index in [0.29, 0.717) is 10.6 Å². The number of nitrogens with one attached hydrogen (secondary N) is 2. The number of benzene rings is 2. The van der Waals surface area contributed by atoms with Crippen LogP contribution in [0.2, 0.25) is 5.02 Å². The first-order valence-electron chi connectivity index (χ1n) is 6.38. The van der Waals surface area contributed by atoms with E-state index in [1.165, 1.54) is 12.1 Å². The molecule has 0 saturated carbocycles. The maximum atomic E-state index is 12.0. The van der Waals surface area contributed by atoms with Crippen molar-refractivity contribution in [1.82, 2.24) is 10.9 Å². The molecule has 0 aromatic heterocycles. The first-order valence-corrected chi connectivity index (χ1v) is 6.75. The summed E-state index contributed by atoms with van der Waals surface area (Å²) in [6, 6.07) is 13.3. The summed E-state index contributed by atoms with van der Waals surface area (Å²) < 4.78 is 0. The van der Waals surface area contributed by atoms with Gasteiger partial charge < -0.3 is 5.11 Å². The van der Waals surface area contributed by atoms with Gasteiger partial charge in [-0.2, -0.15) is 0 Å². The summed E-state index contributed by atoms with van der Waals surface area (Å²) >= 11 is 5.95. The monoisotopic (exact) mass is 302 g/mol. The van der Waals surface area contributed by atoms with E-state index in [1.807, 2.05) is 25.1 Å². The van der Waals surface area contributed by atoms with Crippen molar-refractivity contribution in [2.75, 3.05) is 0 Å². The van der Waals surface area contributed by atoms with Crippen molar-refractivity contribution in [3.8, 4) is 5.75 Å². The zero-order valence-corrected chi connectivity index (χ0v) is 12.2. The third kappa shape index (κ3) is 4.00. The van der Waals surface area contributed by atoms with Crippen molar-refractivity contribution in [3.05, 3.63) is 70.8 Å². The van der Waals surface area contributed by atoms with Crippen molar-refractivity contribution in [2.24, 2.45) is 0 Å². The third-order valence-corrected chi connectivity index (χ3v) is 3.10. The summed E-state index contributed by atoms with van der Waals surface area (Å²) in [6.07, 6.45) is 1.84. The maximum absolute atomic E-state index is 12.0. The Balaban J connectivity index is 2.04. The molecular weight excluding hydrogens is 288 g/mol. The van der Waals surface area contributed by atoms with Crippen LogP contribution in [-0.2, 0) is 0 Å². The highest BCUT2D eigenvalue weighted by atomic mass is 35.5. The van der Waals surface area contributed by atoms with E-state index in [2.05, 4.69) is 10.9 Å². The van der Waals surface area contributed by atoms with Crippen LogP contribution >= 0.6 is 11.6 Å². The van der Waals surface area contributed by atoms with E-state index in [9.17, 15) is 9.90 Å². The van der Waals surface area contributed by atoms with Gasteiger partial charge in [-0.15, -0.1) is 0 Å². The fourth-order valence-corrected chi connectivity index (χ4v) is 1.97. The van der Waals surface area contributed by atoms with Crippen LogP contribution in [-0.4, -0.2) is 11.0 Å². The second kappa shape index (κ2) is 6.81. The van der Waals surface area contributed by atoms with Gasteiger partial charge in [0.25, 0.3) is 5.91 Å². The number of carbonyl (C=O) groups excluding carboxylic acids is 1. The molecule has 108 valence electrons. The molecule has 2 aromatic rings. The minimum Gasteiger partial charge on any atom is -0.508 e. The molecule has 3 N–H and O–H groups in total. The molecule has 21 heavy (non-hydrogen) atoms. The van der Waals surface area contributed by atoms with Gasteiger partial charge in [0, 0.05) is 16.1 Å². The van der Waals surface area contributed by atoms with Gasteiger partial charge in [-0.05, 0) is 43.3 Å². The van der Waals surface area contributed by atoms with Crippen LogP contribution in [0.1, 0.15) is 22.8 Å². The molecule has 0 spiro atoms. The molecule has 0 heterocycles. The number of hydrazine groups is 1. The lowest BCUT2D eigenvalue weighted by Crippen LogP contribution is -2.36. The van der Waals surface area contributed by atoms with Gasteiger partial charge in [0.1, 0.15) is 5.75 Å². The molecule has 4 nitrogen and oxygen atoms in total. The number of rotatable bonds is 4. The van der Waals surface area contributed by atoms with E-state index in [-0.39, 0.29) is 11.7 Å². The summed E-state index contributed by atoms with van der Waals surface area (Å²) in [7, 11) is 0. The molecule has 0 aliphatic heterocycles. The number of carbonyl (C=O) groups is 1. The number of phenols is 1. The molecule has 1 amide bonds. The Morgan fingerprint density at radius 2 is 1.81 bits per heavy atom. The molecule has 0 aliphatic carbocycles. The van der Waals surface area contributed by atoms with E-state index in [1.54, 1.807) is 24.3 Å². The molecule has 0 atom stereocenters. The van der Waals surface area contributed by atoms with Crippen LogP contribution in [0.3, 0.4) is 0 Å². The van der Waals surface area contributed by atoms with E-state index >= 15 is 0 Å². The Labute approximate surface area is 128 Å². The second-order valence-electron chi connectivity index (χ2n) is 4.34. The van der Waals surface area contributed by atoms with Gasteiger partial charge in [-0.25, -0.2) is 0 Å². The smallest absolute Gasteiger partial charge is 0.269 e. The van der Waals surface area contributed by atoms with E-state index in [4.69, 9.17) is 11.6 Å². The average molecular weight is 303 g/mol. The predicted molar refractivity (Wildman–Crippen MR) is 83.8 cm³/mol. The first-order chi connectivity index (χ1) is 10.1. The summed E-state index contributed by atoms with van der Waals surface area (Å²) in [6.45, 7) is 1.86. The highest BCUT2D eigenvalue weighted by Crippen LogP contribution is 2.16. The predicted octanol–water partition coefficient (Wildman–Crippen LogP) is 3.34. The Bertz CT molecular complexity index is 666. The topological polar surface area (TPSA) is 61.4 Å². The first kappa shape index (κ1) is 14.9. The minimum atomic E-state index is -0.295. The number of aromatic hydroxyl groups is 1. The van der Waals surface area contributed by atoms with Crippen LogP contribution in [0.25, 0.3) is 5.70 Å². The molecule has 0 aliphatic rings. The lowest BCUT2D eigenvalue weighted by Gasteiger charge is -2.12. The normalized spacial score (nSPS) is 11.0. The van der Waals surface area contributed by atoms with Crippen molar-refractivity contribution in [1.29, 1.82) is 0 Å². The molecule has 0 bridgehead atoms. The lowest BCUT2D eigenvalue weighted by atomic mass is 10.1. The van der Waals surface area contributed by atoms with Gasteiger partial charge in [0.05, 0.1) is 5.70 Å². The molecule has 0 saturated heterocycles. The lowest BCUT2D eigenvalue weighted by molar-refractivity contribution is 0.0942. The van der Waals surface area contributed by atoms with Crippen LogP contribution in [0, 0.1) is 0 Å². The van der Waals surface area contributed by atoms with Crippen LogP contribution in [0.4, 0.5) is 0 Å². The molecule has 2 rings (SSSR count). The van der Waals surface area contributed by atoms with Crippen molar-refractivity contribution in [2.45, 2.75) is 6.92 Å². The second-order valence-corrected chi connectivity index (χ2v) is 4.78. The zero-order chi connectivity index (χ0) is 15.2. The number of halogens is 1. The fraction of sp³-hybridized carbons (Fsp3) is 0.0625. The van der Waals surface area contributed by atoms with Crippen molar-refractivity contribution >= 4 is 23.2 Å². The van der Waals surface area contributed by atoms with Crippen LogP contribution in [0.5, 0.6) is 5.75 Å². The molecule has 2 aromatic carbocycles. The Hall–Kier alpha value is -2.46. The van der Waals surface area contributed by atoms with Crippen LogP contribution in [0.15, 0.2) is 54.6 Å². The Morgan fingerprint density at radius 1 is 1.10 bits per heavy atom. The van der Waals surface area contributed by atoms with Crippen molar-refractivity contribution in [3.63, 3.8) is 0 Å². The number of hydrogen-bond donors (Lipinski definition) is 3. The fourth-order valence-electron chi connectivity index (χ4n) is 1.78. The van der Waals surface area contributed by atoms with Gasteiger partial charge in [-0.1, -0.05) is 29.8 Å². The SMILES string of the molecule is C/C=C(\NNC(=O)c1ccc(O)cc1)c1cccc(Cl)c1. The molecule has 5 heteroatoms. The van der Waals surface area contributed by atoms with Gasteiger partial charge >= 0.3 is 0 Å². The highest BCUT2D eigenvalue weighted by molar-refractivity contribution is 6.30. The largest absolute Gasteiger partial charge is 0.508 e. The molecule has 0 radical (unpaired) electrons. The summed E-state index contributed by atoms with van der Waals surface area (Å²) in [4.78, 5) is 12.0. The quantitative estimate of drug-likeness (QED) is 0.759. The van der Waals surface area contributed by atoms with Gasteiger partial charge in [0.15, 0.2) is 0 Å². The van der Waals surface area contributed by atoms with E-state index in [0.717, 1.165) is 11.3 Å². The van der Waals surface area contributed by atoms with Gasteiger partial charge in [0.2, 0.25) is 0 Å². The van der Waals surface area contributed by atoms with Crippen molar-refractivity contribution < 1.29 is 9.90 Å². The highest BCUT2D eigenvalue weighted by Gasteiger charge is 2.06. The minimum absolute atomic E-state index is 0.118.